The number of hydrogen-bond donors (Lipinski definition) is 1. The molecule has 0 aromatic heterocycles. The Kier molecular flexibility index (Phi) is 23.7. The molecular formula is C20H44N2O3. The average molecular weight is 361 g/mol. The molecule has 0 fully saturated rings. The minimum absolute atomic E-state index is 0. The lowest BCUT2D eigenvalue weighted by Crippen LogP contribution is -2.44. The summed E-state index contributed by atoms with van der Waals surface area (Å²) in [5.41, 5.74) is 0. The fourth-order valence-electron chi connectivity index (χ4n) is 2.37. The van der Waals surface area contributed by atoms with E-state index >= 15 is 0 Å². The summed E-state index contributed by atoms with van der Waals surface area (Å²) >= 11 is 0. The van der Waals surface area contributed by atoms with E-state index in [1.807, 2.05) is 0 Å². The van der Waals surface area contributed by atoms with Crippen molar-refractivity contribution in [2.75, 3.05) is 19.7 Å². The van der Waals surface area contributed by atoms with Crippen LogP contribution in [-0.4, -0.2) is 36.7 Å². The molecular weight excluding hydrogens is 316 g/mol. The summed E-state index contributed by atoms with van der Waals surface area (Å²) in [6.45, 7) is 7.44. The van der Waals surface area contributed by atoms with Gasteiger partial charge in [0, 0.05) is 13.1 Å². The first-order valence-electron chi connectivity index (χ1n) is 9.39. The van der Waals surface area contributed by atoms with Crippen molar-refractivity contribution >= 4 is 12.1 Å². The van der Waals surface area contributed by atoms with Gasteiger partial charge in [-0.05, 0) is 19.8 Å². The van der Waals surface area contributed by atoms with Gasteiger partial charge in [-0.15, -0.1) is 0 Å². The van der Waals surface area contributed by atoms with Crippen LogP contribution in [0.4, 0.5) is 9.59 Å². The van der Waals surface area contributed by atoms with Crippen molar-refractivity contribution in [1.82, 2.24) is 10.2 Å². The van der Waals surface area contributed by atoms with Gasteiger partial charge in [0.25, 0.3) is 0 Å². The minimum atomic E-state index is -0.536. The number of nitrogens with zero attached hydrogens (tertiary/aromatic N) is 1. The second kappa shape index (κ2) is 20.8. The zero-order valence-corrected chi connectivity index (χ0v) is 15.4. The van der Waals surface area contributed by atoms with Crippen LogP contribution in [-0.2, 0) is 4.74 Å². The third-order valence-electron chi connectivity index (χ3n) is 3.78. The molecule has 0 rings (SSSR count). The largest absolute Gasteiger partial charge is 0.449 e. The number of imide groups is 1. The molecule has 3 amide bonds. The first-order chi connectivity index (χ1) is 11.2. The molecule has 0 saturated carbocycles. The lowest BCUT2D eigenvalue weighted by atomic mass is 10.1. The van der Waals surface area contributed by atoms with Gasteiger partial charge in [-0.1, -0.05) is 80.1 Å². The van der Waals surface area contributed by atoms with Gasteiger partial charge in [-0.3, -0.25) is 0 Å². The average Bonchev–Trinajstić information content (AvgIpc) is 2.54. The zero-order valence-electron chi connectivity index (χ0n) is 15.4. The maximum Gasteiger partial charge on any atom is 0.417 e. The molecule has 5 nitrogen and oxygen atoms in total. The van der Waals surface area contributed by atoms with Gasteiger partial charge in [0.1, 0.15) is 0 Å². The second-order valence-electron chi connectivity index (χ2n) is 5.91. The van der Waals surface area contributed by atoms with Crippen molar-refractivity contribution in [1.29, 1.82) is 0 Å². The van der Waals surface area contributed by atoms with Crippen molar-refractivity contribution in [3.63, 3.8) is 0 Å². The number of unbranched alkanes of at least 4 members (excludes halogenated alkanes) is 8. The van der Waals surface area contributed by atoms with Gasteiger partial charge in [-0.2, -0.15) is 0 Å². The van der Waals surface area contributed by atoms with E-state index in [1.165, 1.54) is 37.0 Å². The summed E-state index contributed by atoms with van der Waals surface area (Å²) in [6.07, 6.45) is 10.6. The molecule has 1 N–H and O–H groups in total. The molecule has 5 heteroatoms. The second-order valence-corrected chi connectivity index (χ2v) is 5.91. The van der Waals surface area contributed by atoms with Crippen molar-refractivity contribution in [3.8, 4) is 0 Å². The Labute approximate surface area is 156 Å². The predicted molar refractivity (Wildman–Crippen MR) is 108 cm³/mol. The number of amides is 3. The van der Waals surface area contributed by atoms with Crippen LogP contribution in [0.15, 0.2) is 0 Å². The summed E-state index contributed by atoms with van der Waals surface area (Å²) in [5, 5.41) is 2.84. The molecule has 0 aliphatic heterocycles. The predicted octanol–water partition coefficient (Wildman–Crippen LogP) is 6.37. The van der Waals surface area contributed by atoms with E-state index in [4.69, 9.17) is 4.74 Å². The van der Waals surface area contributed by atoms with Gasteiger partial charge in [0.15, 0.2) is 0 Å². The summed E-state index contributed by atoms with van der Waals surface area (Å²) < 4.78 is 4.99. The lowest BCUT2D eigenvalue weighted by Gasteiger charge is -2.20. The highest BCUT2D eigenvalue weighted by atomic mass is 16.6. The van der Waals surface area contributed by atoms with Crippen LogP contribution in [0.5, 0.6) is 0 Å². The molecule has 0 aliphatic carbocycles. The number of carbonyl (C=O) groups excluding carboxylic acids is 2. The van der Waals surface area contributed by atoms with E-state index in [0.717, 1.165) is 32.1 Å². The van der Waals surface area contributed by atoms with E-state index in [1.54, 1.807) is 6.92 Å². The Morgan fingerprint density at radius 2 is 1.32 bits per heavy atom. The molecule has 0 radical (unpaired) electrons. The van der Waals surface area contributed by atoms with E-state index in [0.29, 0.717) is 13.1 Å². The Hall–Kier alpha value is -1.26. The quantitative estimate of drug-likeness (QED) is 0.388. The molecule has 0 heterocycles. The fourth-order valence-corrected chi connectivity index (χ4v) is 2.37. The van der Waals surface area contributed by atoms with Gasteiger partial charge >= 0.3 is 12.1 Å². The normalized spacial score (nSPS) is 9.56. The molecule has 0 atom stereocenters. The van der Waals surface area contributed by atoms with E-state index in [-0.39, 0.29) is 27.5 Å². The van der Waals surface area contributed by atoms with Crippen LogP contribution < -0.4 is 5.32 Å². The summed E-state index contributed by atoms with van der Waals surface area (Å²) in [6, 6.07) is -0.325. The first-order valence-corrected chi connectivity index (χ1v) is 9.39. The van der Waals surface area contributed by atoms with E-state index in [9.17, 15) is 9.59 Å². The Balaban J connectivity index is -0.00000242. The molecule has 25 heavy (non-hydrogen) atoms. The minimum Gasteiger partial charge on any atom is -0.449 e. The maximum absolute atomic E-state index is 12.2. The fraction of sp³-hybridized carbons (Fsp3) is 0.900. The third-order valence-corrected chi connectivity index (χ3v) is 3.78. The number of rotatable bonds is 13. The van der Waals surface area contributed by atoms with E-state index < -0.39 is 6.09 Å². The van der Waals surface area contributed by atoms with Gasteiger partial charge in [0.2, 0.25) is 0 Å². The smallest absolute Gasteiger partial charge is 0.417 e. The van der Waals surface area contributed by atoms with Crippen LogP contribution in [0.1, 0.15) is 99.8 Å². The number of ether oxygens (including phenoxy) is 1. The number of nitrogens with one attached hydrogen (secondary N) is 1. The molecule has 0 aromatic rings. The standard InChI is InChI=1S/C18H36N2O3.2CH4/c1-4-7-9-11-13-15-19-17(21)20(18(22)23-6-3)16-14-12-10-8-5-2;;/h4-16H2,1-3H3,(H,19,21);2*1H4. The Bertz CT molecular complexity index is 309. The van der Waals surface area contributed by atoms with Gasteiger partial charge in [0.05, 0.1) is 6.61 Å². The van der Waals surface area contributed by atoms with Crippen molar-refractivity contribution in [2.45, 2.75) is 99.8 Å². The topological polar surface area (TPSA) is 58.6 Å². The zero-order chi connectivity index (χ0) is 17.3. The lowest BCUT2D eigenvalue weighted by molar-refractivity contribution is 0.113. The van der Waals surface area contributed by atoms with Gasteiger partial charge < -0.3 is 10.1 Å². The van der Waals surface area contributed by atoms with E-state index in [2.05, 4.69) is 19.2 Å². The molecule has 152 valence electrons. The molecule has 0 aliphatic rings. The molecule has 0 unspecified atom stereocenters. The highest BCUT2D eigenvalue weighted by Crippen LogP contribution is 2.06. The molecule has 0 spiro atoms. The molecule has 0 bridgehead atoms. The van der Waals surface area contributed by atoms with Crippen LogP contribution in [0.3, 0.4) is 0 Å². The summed E-state index contributed by atoms with van der Waals surface area (Å²) in [5.74, 6) is 0. The monoisotopic (exact) mass is 360 g/mol. The van der Waals surface area contributed by atoms with Crippen molar-refractivity contribution < 1.29 is 14.3 Å². The summed E-state index contributed by atoms with van der Waals surface area (Å²) in [4.78, 5) is 25.3. The molecule has 0 saturated heterocycles. The van der Waals surface area contributed by atoms with Crippen molar-refractivity contribution in [3.05, 3.63) is 0 Å². The van der Waals surface area contributed by atoms with Crippen LogP contribution in [0.2, 0.25) is 0 Å². The number of carbonyl (C=O) groups is 2. The Morgan fingerprint density at radius 3 is 1.84 bits per heavy atom. The van der Waals surface area contributed by atoms with Crippen molar-refractivity contribution in [2.24, 2.45) is 0 Å². The number of urea groups is 1. The SMILES string of the molecule is C.C.CCCCCCCNC(=O)N(CCCCCCC)C(=O)OCC. The maximum atomic E-state index is 12.2. The van der Waals surface area contributed by atoms with Gasteiger partial charge in [-0.25, -0.2) is 14.5 Å². The van der Waals surface area contributed by atoms with Crippen LogP contribution in [0.25, 0.3) is 0 Å². The number of hydrogen-bond acceptors (Lipinski definition) is 3. The highest BCUT2D eigenvalue weighted by Gasteiger charge is 2.21. The van der Waals surface area contributed by atoms with Crippen LogP contribution >= 0.6 is 0 Å². The third kappa shape index (κ3) is 16.0. The van der Waals surface area contributed by atoms with Crippen LogP contribution in [0, 0.1) is 0 Å². The molecule has 0 aromatic carbocycles. The highest BCUT2D eigenvalue weighted by molar-refractivity contribution is 5.90. The first kappa shape index (κ1) is 28.5. The summed E-state index contributed by atoms with van der Waals surface area (Å²) in [7, 11) is 0. The Morgan fingerprint density at radius 1 is 0.800 bits per heavy atom.